The van der Waals surface area contributed by atoms with Crippen molar-refractivity contribution in [1.82, 2.24) is 19.8 Å². The molecule has 0 aliphatic carbocycles. The Bertz CT molecular complexity index is 977. The molecule has 1 aliphatic rings. The van der Waals surface area contributed by atoms with Crippen LogP contribution >= 0.6 is 0 Å². The molecule has 3 aromatic rings. The van der Waals surface area contributed by atoms with Gasteiger partial charge in [-0.2, -0.15) is 0 Å². The van der Waals surface area contributed by atoms with Gasteiger partial charge in [0.05, 0.1) is 17.4 Å². The number of fused-ring (bicyclic) bond motifs is 1. The second-order valence-electron chi connectivity index (χ2n) is 6.89. The Morgan fingerprint density at radius 1 is 1.04 bits per heavy atom. The van der Waals surface area contributed by atoms with E-state index in [4.69, 9.17) is 0 Å². The van der Waals surface area contributed by atoms with Crippen molar-refractivity contribution >= 4 is 28.7 Å². The van der Waals surface area contributed by atoms with Crippen molar-refractivity contribution in [2.45, 2.75) is 19.4 Å². The summed E-state index contributed by atoms with van der Waals surface area (Å²) in [5.74, 6) is 0.0770. The summed E-state index contributed by atoms with van der Waals surface area (Å²) in [4.78, 5) is 30.8. The largest absolute Gasteiger partial charge is 0.339 e. The fourth-order valence-corrected chi connectivity index (χ4v) is 3.46. The SMILES string of the molecule is O=C(NCCn1cnc2cc(C(=O)N3CCCC3)ccc21)Nc1ccccc1. The van der Waals surface area contributed by atoms with E-state index in [0.717, 1.165) is 42.7 Å². The van der Waals surface area contributed by atoms with Crippen molar-refractivity contribution in [2.24, 2.45) is 0 Å². The van der Waals surface area contributed by atoms with Crippen LogP contribution in [0.4, 0.5) is 10.5 Å². The van der Waals surface area contributed by atoms with Gasteiger partial charge in [-0.15, -0.1) is 0 Å². The lowest BCUT2D eigenvalue weighted by Gasteiger charge is -2.15. The number of anilines is 1. The quantitative estimate of drug-likeness (QED) is 0.717. The fourth-order valence-electron chi connectivity index (χ4n) is 3.46. The van der Waals surface area contributed by atoms with Crippen molar-refractivity contribution < 1.29 is 9.59 Å². The maximum atomic E-state index is 12.5. The third-order valence-corrected chi connectivity index (χ3v) is 4.93. The summed E-state index contributed by atoms with van der Waals surface area (Å²) in [7, 11) is 0. The molecule has 1 saturated heterocycles. The number of hydrogen-bond donors (Lipinski definition) is 2. The third kappa shape index (κ3) is 3.98. The molecule has 0 bridgehead atoms. The molecule has 0 radical (unpaired) electrons. The molecule has 0 spiro atoms. The molecule has 28 heavy (non-hydrogen) atoms. The first-order valence-corrected chi connectivity index (χ1v) is 9.55. The Morgan fingerprint density at radius 3 is 2.61 bits per heavy atom. The number of nitrogens with one attached hydrogen (secondary N) is 2. The van der Waals surface area contributed by atoms with Gasteiger partial charge in [-0.25, -0.2) is 9.78 Å². The van der Waals surface area contributed by atoms with Gasteiger partial charge in [0.1, 0.15) is 0 Å². The van der Waals surface area contributed by atoms with Crippen LogP contribution in [-0.2, 0) is 6.54 Å². The molecule has 144 valence electrons. The number of hydrogen-bond acceptors (Lipinski definition) is 3. The molecule has 1 fully saturated rings. The van der Waals surface area contributed by atoms with E-state index in [1.807, 2.05) is 58.0 Å². The summed E-state index contributed by atoms with van der Waals surface area (Å²) in [6.45, 7) is 2.74. The van der Waals surface area contributed by atoms with Crippen LogP contribution in [0.1, 0.15) is 23.2 Å². The summed E-state index contributed by atoms with van der Waals surface area (Å²) >= 11 is 0. The topological polar surface area (TPSA) is 79.3 Å². The minimum atomic E-state index is -0.242. The predicted octanol–water partition coefficient (Wildman–Crippen LogP) is 3.09. The summed E-state index contributed by atoms with van der Waals surface area (Å²) in [5.41, 5.74) is 3.17. The van der Waals surface area contributed by atoms with Crippen molar-refractivity contribution in [1.29, 1.82) is 0 Å². The van der Waals surface area contributed by atoms with E-state index in [2.05, 4.69) is 15.6 Å². The average Bonchev–Trinajstić information content (AvgIpc) is 3.38. The van der Waals surface area contributed by atoms with E-state index < -0.39 is 0 Å². The number of benzene rings is 2. The first-order chi connectivity index (χ1) is 13.7. The molecule has 0 saturated carbocycles. The van der Waals surface area contributed by atoms with Gasteiger partial charge in [-0.05, 0) is 43.2 Å². The lowest BCUT2D eigenvalue weighted by molar-refractivity contribution is 0.0793. The molecule has 3 amide bonds. The molecular weight excluding hydrogens is 354 g/mol. The van der Waals surface area contributed by atoms with E-state index >= 15 is 0 Å². The van der Waals surface area contributed by atoms with Gasteiger partial charge >= 0.3 is 6.03 Å². The predicted molar refractivity (Wildman–Crippen MR) is 108 cm³/mol. The molecule has 2 N–H and O–H groups in total. The smallest absolute Gasteiger partial charge is 0.319 e. The number of carbonyl (C=O) groups is 2. The van der Waals surface area contributed by atoms with E-state index in [-0.39, 0.29) is 11.9 Å². The number of carbonyl (C=O) groups excluding carboxylic acids is 2. The van der Waals surface area contributed by atoms with Crippen molar-refractivity contribution in [3.8, 4) is 0 Å². The lowest BCUT2D eigenvalue weighted by atomic mass is 10.1. The average molecular weight is 377 g/mol. The molecule has 2 heterocycles. The molecule has 7 heteroatoms. The Kier molecular flexibility index (Phi) is 5.23. The van der Waals surface area contributed by atoms with Gasteiger partial charge in [0.25, 0.3) is 5.91 Å². The van der Waals surface area contributed by atoms with Gasteiger partial charge < -0.3 is 20.1 Å². The van der Waals surface area contributed by atoms with Crippen molar-refractivity contribution in [3.63, 3.8) is 0 Å². The summed E-state index contributed by atoms with van der Waals surface area (Å²) in [5, 5.41) is 5.63. The van der Waals surface area contributed by atoms with E-state index in [0.29, 0.717) is 18.7 Å². The van der Waals surface area contributed by atoms with Crippen LogP contribution < -0.4 is 10.6 Å². The first-order valence-electron chi connectivity index (χ1n) is 9.55. The van der Waals surface area contributed by atoms with Crippen LogP contribution in [0.25, 0.3) is 11.0 Å². The van der Waals surface area contributed by atoms with Crippen LogP contribution in [0.5, 0.6) is 0 Å². The molecule has 0 atom stereocenters. The standard InChI is InChI=1S/C21H23N5O2/c27-20(25-11-4-5-12-25)16-8-9-19-18(14-16)23-15-26(19)13-10-22-21(28)24-17-6-2-1-3-7-17/h1-3,6-9,14-15H,4-5,10-13H2,(H2,22,24,28). The summed E-state index contributed by atoms with van der Waals surface area (Å²) < 4.78 is 1.97. The number of urea groups is 1. The Labute approximate surface area is 163 Å². The Hall–Kier alpha value is -3.35. The molecule has 2 aromatic carbocycles. The molecule has 1 aromatic heterocycles. The Morgan fingerprint density at radius 2 is 1.82 bits per heavy atom. The van der Waals surface area contributed by atoms with Gasteiger partial charge in [0.2, 0.25) is 0 Å². The highest BCUT2D eigenvalue weighted by Crippen LogP contribution is 2.18. The van der Waals surface area contributed by atoms with Gasteiger partial charge in [0, 0.05) is 37.4 Å². The van der Waals surface area contributed by atoms with Gasteiger partial charge in [-0.3, -0.25) is 4.79 Å². The number of imidazole rings is 1. The van der Waals surface area contributed by atoms with E-state index in [9.17, 15) is 9.59 Å². The van der Waals surface area contributed by atoms with Crippen LogP contribution in [0, 0.1) is 0 Å². The lowest BCUT2D eigenvalue weighted by Crippen LogP contribution is -2.31. The molecule has 1 aliphatic heterocycles. The van der Waals surface area contributed by atoms with Crippen molar-refractivity contribution in [2.75, 3.05) is 25.0 Å². The van der Waals surface area contributed by atoms with Crippen LogP contribution in [0.15, 0.2) is 54.9 Å². The normalized spacial score (nSPS) is 13.6. The van der Waals surface area contributed by atoms with Crippen LogP contribution in [0.3, 0.4) is 0 Å². The van der Waals surface area contributed by atoms with Crippen LogP contribution in [0.2, 0.25) is 0 Å². The summed E-state index contributed by atoms with van der Waals surface area (Å²) in [6.07, 6.45) is 3.90. The minimum Gasteiger partial charge on any atom is -0.339 e. The van der Waals surface area contributed by atoms with Crippen molar-refractivity contribution in [3.05, 3.63) is 60.4 Å². The number of nitrogens with zero attached hydrogens (tertiary/aromatic N) is 3. The number of likely N-dealkylation sites (tertiary alicyclic amines) is 1. The second-order valence-corrected chi connectivity index (χ2v) is 6.89. The minimum absolute atomic E-state index is 0.0770. The second kappa shape index (κ2) is 8.12. The van der Waals surface area contributed by atoms with E-state index in [1.165, 1.54) is 0 Å². The number of amides is 3. The monoisotopic (exact) mass is 377 g/mol. The molecule has 7 nitrogen and oxygen atoms in total. The number of rotatable bonds is 5. The zero-order chi connectivity index (χ0) is 19.3. The summed E-state index contributed by atoms with van der Waals surface area (Å²) in [6, 6.07) is 14.7. The highest BCUT2D eigenvalue weighted by atomic mass is 16.2. The Balaban J connectivity index is 1.35. The van der Waals surface area contributed by atoms with E-state index in [1.54, 1.807) is 6.33 Å². The van der Waals surface area contributed by atoms with Gasteiger partial charge in [0.15, 0.2) is 0 Å². The number of aromatic nitrogens is 2. The number of para-hydroxylation sites is 1. The molecule has 0 unspecified atom stereocenters. The highest BCUT2D eigenvalue weighted by Gasteiger charge is 2.20. The fraction of sp³-hybridized carbons (Fsp3) is 0.286. The highest BCUT2D eigenvalue weighted by molar-refractivity contribution is 5.97. The van der Waals surface area contributed by atoms with Crippen LogP contribution in [-0.4, -0.2) is 46.0 Å². The molecule has 4 rings (SSSR count). The first kappa shape index (κ1) is 18.0. The maximum Gasteiger partial charge on any atom is 0.319 e. The third-order valence-electron chi connectivity index (χ3n) is 4.93. The molecular formula is C21H23N5O2. The zero-order valence-corrected chi connectivity index (χ0v) is 15.6. The zero-order valence-electron chi connectivity index (χ0n) is 15.6. The maximum absolute atomic E-state index is 12.5. The van der Waals surface area contributed by atoms with Gasteiger partial charge in [-0.1, -0.05) is 18.2 Å².